The zero-order valence-corrected chi connectivity index (χ0v) is 12.1. The summed E-state index contributed by atoms with van der Waals surface area (Å²) in [5, 5.41) is 0. The molecule has 1 rings (SSSR count). The van der Waals surface area contributed by atoms with Gasteiger partial charge in [-0.3, -0.25) is 9.80 Å². The van der Waals surface area contributed by atoms with Crippen LogP contribution in [0.1, 0.15) is 27.2 Å². The fraction of sp³-hybridized carbons (Fsp3) is 1.00. The van der Waals surface area contributed by atoms with Gasteiger partial charge in [0.05, 0.1) is 6.54 Å². The van der Waals surface area contributed by atoms with Gasteiger partial charge in [-0.2, -0.15) is 13.2 Å². The predicted molar refractivity (Wildman–Crippen MR) is 71.0 cm³/mol. The Labute approximate surface area is 113 Å². The fourth-order valence-corrected chi connectivity index (χ4v) is 2.61. The summed E-state index contributed by atoms with van der Waals surface area (Å²) in [4.78, 5) is 3.71. The molecule has 3 nitrogen and oxygen atoms in total. The van der Waals surface area contributed by atoms with Crippen molar-refractivity contribution in [3.05, 3.63) is 0 Å². The molecule has 0 amide bonds. The van der Waals surface area contributed by atoms with Gasteiger partial charge in [0.1, 0.15) is 0 Å². The Morgan fingerprint density at radius 2 is 1.58 bits per heavy atom. The number of nitrogens with zero attached hydrogens (tertiary/aromatic N) is 2. The van der Waals surface area contributed by atoms with E-state index in [1.165, 1.54) is 4.90 Å². The van der Waals surface area contributed by atoms with E-state index in [2.05, 4.69) is 25.7 Å². The second-order valence-electron chi connectivity index (χ2n) is 6.58. The monoisotopic (exact) mass is 281 g/mol. The summed E-state index contributed by atoms with van der Waals surface area (Å²) in [7, 11) is 0. The Kier molecular flexibility index (Phi) is 5.65. The number of piperazine rings is 1. The first-order valence-electron chi connectivity index (χ1n) is 6.84. The molecule has 1 aliphatic rings. The molecule has 114 valence electrons. The minimum atomic E-state index is -4.10. The third-order valence-electron chi connectivity index (χ3n) is 3.45. The molecule has 1 unspecified atom stereocenters. The van der Waals surface area contributed by atoms with Crippen molar-refractivity contribution in [2.45, 2.75) is 39.4 Å². The minimum absolute atomic E-state index is 0.188. The summed E-state index contributed by atoms with van der Waals surface area (Å²) < 4.78 is 36.9. The van der Waals surface area contributed by atoms with Crippen LogP contribution in [-0.4, -0.2) is 61.3 Å². The van der Waals surface area contributed by atoms with Crippen LogP contribution in [0.2, 0.25) is 0 Å². The maximum atomic E-state index is 12.3. The van der Waals surface area contributed by atoms with Crippen molar-refractivity contribution in [1.29, 1.82) is 0 Å². The Morgan fingerprint density at radius 1 is 1.05 bits per heavy atom. The number of rotatable bonds is 4. The molecule has 1 fully saturated rings. The van der Waals surface area contributed by atoms with Crippen LogP contribution in [0.3, 0.4) is 0 Å². The average molecular weight is 281 g/mol. The van der Waals surface area contributed by atoms with E-state index in [1.54, 1.807) is 0 Å². The smallest absolute Gasteiger partial charge is 0.329 e. The lowest BCUT2D eigenvalue weighted by molar-refractivity contribution is -0.149. The molecule has 1 aliphatic heterocycles. The van der Waals surface area contributed by atoms with Crippen molar-refractivity contribution in [3.8, 4) is 0 Å². The Bertz CT molecular complexity index is 265. The molecule has 1 heterocycles. The number of nitrogens with two attached hydrogens (primary N) is 1. The highest BCUT2D eigenvalue weighted by molar-refractivity contribution is 4.83. The normalized spacial score (nSPS) is 21.6. The number of hydrogen-bond donors (Lipinski definition) is 1. The summed E-state index contributed by atoms with van der Waals surface area (Å²) >= 11 is 0. The molecule has 0 saturated carbocycles. The van der Waals surface area contributed by atoms with Crippen LogP contribution in [0.25, 0.3) is 0 Å². The van der Waals surface area contributed by atoms with Crippen molar-refractivity contribution < 1.29 is 13.2 Å². The maximum Gasteiger partial charge on any atom is 0.401 e. The lowest BCUT2D eigenvalue weighted by Gasteiger charge is -2.41. The molecule has 1 saturated heterocycles. The quantitative estimate of drug-likeness (QED) is 0.854. The van der Waals surface area contributed by atoms with Crippen LogP contribution < -0.4 is 5.73 Å². The van der Waals surface area contributed by atoms with Crippen molar-refractivity contribution >= 4 is 0 Å². The van der Waals surface area contributed by atoms with Gasteiger partial charge in [-0.25, -0.2) is 0 Å². The molecule has 1 atom stereocenters. The van der Waals surface area contributed by atoms with Gasteiger partial charge in [0.15, 0.2) is 0 Å². The lowest BCUT2D eigenvalue weighted by atomic mass is 9.87. The molecule has 0 aliphatic carbocycles. The SMILES string of the molecule is CC(C)(C)CC(CN)N1CCN(CC(F)(F)F)CC1. The molecule has 19 heavy (non-hydrogen) atoms. The van der Waals surface area contributed by atoms with E-state index in [0.29, 0.717) is 32.7 Å². The maximum absolute atomic E-state index is 12.3. The molecular weight excluding hydrogens is 255 g/mol. The highest BCUT2D eigenvalue weighted by atomic mass is 19.4. The van der Waals surface area contributed by atoms with Crippen molar-refractivity contribution in [2.24, 2.45) is 11.1 Å². The molecule has 0 radical (unpaired) electrons. The van der Waals surface area contributed by atoms with Crippen LogP contribution in [0.4, 0.5) is 13.2 Å². The van der Waals surface area contributed by atoms with Crippen LogP contribution in [0.5, 0.6) is 0 Å². The van der Waals surface area contributed by atoms with Crippen molar-refractivity contribution in [2.75, 3.05) is 39.3 Å². The van der Waals surface area contributed by atoms with Crippen LogP contribution in [0, 0.1) is 5.41 Å². The largest absolute Gasteiger partial charge is 0.401 e. The Morgan fingerprint density at radius 3 is 1.95 bits per heavy atom. The second-order valence-corrected chi connectivity index (χ2v) is 6.58. The summed E-state index contributed by atoms with van der Waals surface area (Å²) in [6, 6.07) is 0.271. The molecule has 0 spiro atoms. The third-order valence-corrected chi connectivity index (χ3v) is 3.45. The highest BCUT2D eigenvalue weighted by Gasteiger charge is 2.33. The zero-order chi connectivity index (χ0) is 14.7. The number of halogens is 3. The van der Waals surface area contributed by atoms with E-state index in [1.807, 2.05) is 0 Å². The van der Waals surface area contributed by atoms with Crippen LogP contribution >= 0.6 is 0 Å². The van der Waals surface area contributed by atoms with Crippen LogP contribution in [0.15, 0.2) is 0 Å². The first-order valence-corrected chi connectivity index (χ1v) is 6.84. The van der Waals surface area contributed by atoms with Gasteiger partial charge in [-0.05, 0) is 11.8 Å². The summed E-state index contributed by atoms with van der Waals surface area (Å²) in [5.41, 5.74) is 6.00. The summed E-state index contributed by atoms with van der Waals surface area (Å²) in [6.45, 7) is 8.55. The Hall–Kier alpha value is -0.330. The predicted octanol–water partition coefficient (Wildman–Crippen LogP) is 1.93. The molecule has 0 aromatic carbocycles. The molecule has 0 aromatic heterocycles. The number of alkyl halides is 3. The van der Waals surface area contributed by atoms with Gasteiger partial charge in [0, 0.05) is 38.8 Å². The zero-order valence-electron chi connectivity index (χ0n) is 12.1. The van der Waals surface area contributed by atoms with Gasteiger partial charge in [-0.15, -0.1) is 0 Å². The fourth-order valence-electron chi connectivity index (χ4n) is 2.61. The highest BCUT2D eigenvalue weighted by Crippen LogP contribution is 2.24. The molecule has 6 heteroatoms. The topological polar surface area (TPSA) is 32.5 Å². The second kappa shape index (κ2) is 6.41. The first kappa shape index (κ1) is 16.7. The summed E-state index contributed by atoms with van der Waals surface area (Å²) in [6.07, 6.45) is -3.12. The van der Waals surface area contributed by atoms with E-state index in [4.69, 9.17) is 5.73 Å². The average Bonchev–Trinajstić information content (AvgIpc) is 2.23. The molecule has 0 aromatic rings. The van der Waals surface area contributed by atoms with E-state index >= 15 is 0 Å². The van der Waals surface area contributed by atoms with E-state index in [0.717, 1.165) is 6.42 Å². The van der Waals surface area contributed by atoms with Crippen molar-refractivity contribution in [1.82, 2.24) is 9.80 Å². The third kappa shape index (κ3) is 6.58. The van der Waals surface area contributed by atoms with Crippen molar-refractivity contribution in [3.63, 3.8) is 0 Å². The van der Waals surface area contributed by atoms with Crippen LogP contribution in [-0.2, 0) is 0 Å². The Balaban J connectivity index is 2.43. The minimum Gasteiger partial charge on any atom is -0.329 e. The number of hydrogen-bond acceptors (Lipinski definition) is 3. The van der Waals surface area contributed by atoms with E-state index < -0.39 is 12.7 Å². The van der Waals surface area contributed by atoms with E-state index in [9.17, 15) is 13.2 Å². The summed E-state index contributed by atoms with van der Waals surface area (Å²) in [5.74, 6) is 0. The van der Waals surface area contributed by atoms with Gasteiger partial charge in [0.2, 0.25) is 0 Å². The first-order chi connectivity index (χ1) is 8.61. The molecular formula is C13H26F3N3. The van der Waals surface area contributed by atoms with Gasteiger partial charge < -0.3 is 5.73 Å². The van der Waals surface area contributed by atoms with E-state index in [-0.39, 0.29) is 11.5 Å². The standard InChI is InChI=1S/C13H26F3N3/c1-12(2,3)8-11(9-17)19-6-4-18(5-7-19)10-13(14,15)16/h11H,4-10,17H2,1-3H3. The molecule has 0 bridgehead atoms. The van der Waals surface area contributed by atoms with Gasteiger partial charge in [-0.1, -0.05) is 20.8 Å². The van der Waals surface area contributed by atoms with Gasteiger partial charge in [0.25, 0.3) is 0 Å². The lowest BCUT2D eigenvalue weighted by Crippen LogP contribution is -2.54. The molecule has 2 N–H and O–H groups in total. The van der Waals surface area contributed by atoms with Gasteiger partial charge >= 0.3 is 6.18 Å².